The van der Waals surface area contributed by atoms with Crippen molar-refractivity contribution in [1.82, 2.24) is 9.47 Å². The molecule has 0 N–H and O–H groups in total. The van der Waals surface area contributed by atoms with E-state index in [-0.39, 0.29) is 11.6 Å². The molecule has 2 rings (SSSR count). The Bertz CT molecular complexity index is 686. The SMILES string of the molecule is Cc1cc(C(=O)CN(C)CC(C)C)c(C)n1-c1ccc(F)cc1. The minimum absolute atomic E-state index is 0.120. The van der Waals surface area contributed by atoms with Crippen LogP contribution in [0.25, 0.3) is 5.69 Å². The molecule has 0 aliphatic heterocycles. The molecule has 0 fully saturated rings. The number of benzene rings is 1. The lowest BCUT2D eigenvalue weighted by molar-refractivity contribution is 0.0940. The number of aromatic nitrogens is 1. The highest BCUT2D eigenvalue weighted by molar-refractivity contribution is 5.99. The lowest BCUT2D eigenvalue weighted by Gasteiger charge is -2.18. The van der Waals surface area contributed by atoms with E-state index in [1.54, 1.807) is 12.1 Å². The highest BCUT2D eigenvalue weighted by Crippen LogP contribution is 2.21. The van der Waals surface area contributed by atoms with Gasteiger partial charge in [0.1, 0.15) is 5.82 Å². The smallest absolute Gasteiger partial charge is 0.178 e. The van der Waals surface area contributed by atoms with E-state index < -0.39 is 0 Å². The van der Waals surface area contributed by atoms with E-state index in [0.29, 0.717) is 12.5 Å². The van der Waals surface area contributed by atoms with Crippen LogP contribution in [0.1, 0.15) is 35.6 Å². The van der Waals surface area contributed by atoms with Crippen LogP contribution in [-0.2, 0) is 0 Å². The number of carbonyl (C=O) groups is 1. The maximum absolute atomic E-state index is 13.1. The van der Waals surface area contributed by atoms with Gasteiger partial charge >= 0.3 is 0 Å². The number of Topliss-reactive ketones (excluding diaryl/α,β-unsaturated/α-hetero) is 1. The van der Waals surface area contributed by atoms with Crippen molar-refractivity contribution in [2.75, 3.05) is 20.1 Å². The molecule has 1 heterocycles. The highest BCUT2D eigenvalue weighted by Gasteiger charge is 2.18. The molecule has 3 nitrogen and oxygen atoms in total. The average molecular weight is 316 g/mol. The Kier molecular flexibility index (Phi) is 5.37. The molecule has 1 aromatic carbocycles. The fraction of sp³-hybridized carbons (Fsp3) is 0.421. The predicted octanol–water partition coefficient (Wildman–Crippen LogP) is 4.00. The number of hydrogen-bond donors (Lipinski definition) is 0. The highest BCUT2D eigenvalue weighted by atomic mass is 19.1. The van der Waals surface area contributed by atoms with Crippen LogP contribution in [0, 0.1) is 25.6 Å². The van der Waals surface area contributed by atoms with Gasteiger partial charge in [0.15, 0.2) is 5.78 Å². The van der Waals surface area contributed by atoms with Crippen molar-refractivity contribution in [1.29, 1.82) is 0 Å². The van der Waals surface area contributed by atoms with Gasteiger partial charge in [0.25, 0.3) is 0 Å². The van der Waals surface area contributed by atoms with Crippen molar-refractivity contribution in [2.24, 2.45) is 5.92 Å². The lowest BCUT2D eigenvalue weighted by atomic mass is 10.1. The summed E-state index contributed by atoms with van der Waals surface area (Å²) in [5, 5.41) is 0. The maximum Gasteiger partial charge on any atom is 0.178 e. The Balaban J connectivity index is 2.26. The molecule has 0 aliphatic carbocycles. The molecule has 0 bridgehead atoms. The molecule has 124 valence electrons. The van der Waals surface area contributed by atoms with Crippen LogP contribution in [0.2, 0.25) is 0 Å². The Hall–Kier alpha value is -1.94. The second-order valence-electron chi connectivity index (χ2n) is 6.61. The topological polar surface area (TPSA) is 25.2 Å². The zero-order valence-electron chi connectivity index (χ0n) is 14.6. The van der Waals surface area contributed by atoms with Gasteiger partial charge in [0.05, 0.1) is 6.54 Å². The molecule has 0 spiro atoms. The van der Waals surface area contributed by atoms with Crippen molar-refractivity contribution in [3.05, 3.63) is 53.1 Å². The first-order chi connectivity index (χ1) is 10.8. The fourth-order valence-electron chi connectivity index (χ4n) is 3.05. The average Bonchev–Trinajstić information content (AvgIpc) is 2.74. The van der Waals surface area contributed by atoms with Gasteiger partial charge in [-0.15, -0.1) is 0 Å². The minimum Gasteiger partial charge on any atom is -0.318 e. The minimum atomic E-state index is -0.261. The third-order valence-electron chi connectivity index (χ3n) is 3.91. The number of likely N-dealkylation sites (N-methyl/N-ethyl adjacent to an activating group) is 1. The van der Waals surface area contributed by atoms with Gasteiger partial charge < -0.3 is 4.57 Å². The molecule has 1 aromatic heterocycles. The number of aryl methyl sites for hydroxylation is 1. The van der Waals surface area contributed by atoms with Crippen LogP contribution in [0.15, 0.2) is 30.3 Å². The largest absolute Gasteiger partial charge is 0.318 e. The van der Waals surface area contributed by atoms with Crippen molar-refractivity contribution in [2.45, 2.75) is 27.7 Å². The first-order valence-corrected chi connectivity index (χ1v) is 7.96. The molecular weight excluding hydrogens is 291 g/mol. The number of nitrogens with zero attached hydrogens (tertiary/aromatic N) is 2. The van der Waals surface area contributed by atoms with Crippen LogP contribution < -0.4 is 0 Å². The van der Waals surface area contributed by atoms with Crippen LogP contribution in [0.4, 0.5) is 4.39 Å². The maximum atomic E-state index is 13.1. The van der Waals surface area contributed by atoms with E-state index in [1.165, 1.54) is 12.1 Å². The van der Waals surface area contributed by atoms with E-state index >= 15 is 0 Å². The van der Waals surface area contributed by atoms with Gasteiger partial charge in [-0.2, -0.15) is 0 Å². The van der Waals surface area contributed by atoms with Gasteiger partial charge in [-0.05, 0) is 57.1 Å². The molecule has 0 saturated carbocycles. The predicted molar refractivity (Wildman–Crippen MR) is 91.9 cm³/mol. The van der Waals surface area contributed by atoms with Gasteiger partial charge in [0, 0.05) is 29.2 Å². The summed E-state index contributed by atoms with van der Waals surface area (Å²) in [6.07, 6.45) is 0. The van der Waals surface area contributed by atoms with E-state index in [0.717, 1.165) is 29.2 Å². The van der Waals surface area contributed by atoms with Crippen LogP contribution in [0.3, 0.4) is 0 Å². The monoisotopic (exact) mass is 316 g/mol. The summed E-state index contributed by atoms with van der Waals surface area (Å²) in [5.41, 5.74) is 3.49. The summed E-state index contributed by atoms with van der Waals surface area (Å²) in [4.78, 5) is 14.6. The molecule has 0 aliphatic rings. The summed E-state index contributed by atoms with van der Waals surface area (Å²) >= 11 is 0. The molecule has 4 heteroatoms. The van der Waals surface area contributed by atoms with Crippen LogP contribution in [-0.4, -0.2) is 35.4 Å². The number of carbonyl (C=O) groups excluding carboxylic acids is 1. The summed E-state index contributed by atoms with van der Waals surface area (Å²) in [6.45, 7) is 9.48. The number of halogens is 1. The van der Waals surface area contributed by atoms with Crippen molar-refractivity contribution in [3.8, 4) is 5.69 Å². The Labute approximate surface area is 137 Å². The summed E-state index contributed by atoms with van der Waals surface area (Å²) < 4.78 is 15.1. The number of rotatable bonds is 6. The van der Waals surface area contributed by atoms with Crippen LogP contribution in [0.5, 0.6) is 0 Å². The Morgan fingerprint density at radius 3 is 2.39 bits per heavy atom. The zero-order valence-corrected chi connectivity index (χ0v) is 14.6. The molecule has 0 unspecified atom stereocenters. The molecule has 23 heavy (non-hydrogen) atoms. The third kappa shape index (κ3) is 4.08. The van der Waals surface area contributed by atoms with Crippen molar-refractivity contribution >= 4 is 5.78 Å². The fourth-order valence-corrected chi connectivity index (χ4v) is 3.05. The zero-order chi connectivity index (χ0) is 17.1. The Morgan fingerprint density at radius 1 is 1.22 bits per heavy atom. The molecular formula is C19H25FN2O. The second kappa shape index (κ2) is 7.09. The molecule has 0 amide bonds. The van der Waals surface area contributed by atoms with Crippen LogP contribution >= 0.6 is 0 Å². The third-order valence-corrected chi connectivity index (χ3v) is 3.91. The van der Waals surface area contributed by atoms with E-state index in [9.17, 15) is 9.18 Å². The van der Waals surface area contributed by atoms with Gasteiger partial charge in [-0.25, -0.2) is 4.39 Å². The summed E-state index contributed by atoms with van der Waals surface area (Å²) in [7, 11) is 1.97. The van der Waals surface area contributed by atoms with Gasteiger partial charge in [-0.1, -0.05) is 13.8 Å². The van der Waals surface area contributed by atoms with E-state index in [1.807, 2.05) is 31.5 Å². The van der Waals surface area contributed by atoms with Crippen molar-refractivity contribution in [3.63, 3.8) is 0 Å². The number of ketones is 1. The quantitative estimate of drug-likeness (QED) is 0.753. The molecule has 2 aromatic rings. The van der Waals surface area contributed by atoms with Crippen molar-refractivity contribution < 1.29 is 9.18 Å². The normalized spacial score (nSPS) is 11.5. The molecule has 0 saturated heterocycles. The van der Waals surface area contributed by atoms with E-state index in [4.69, 9.17) is 0 Å². The standard InChI is InChI=1S/C19H25FN2O/c1-13(2)11-21(5)12-19(23)18-10-14(3)22(15(18)4)17-8-6-16(20)7-9-17/h6-10,13H,11-12H2,1-5H3. The first-order valence-electron chi connectivity index (χ1n) is 7.96. The first kappa shape index (κ1) is 17.4. The second-order valence-corrected chi connectivity index (χ2v) is 6.61. The molecule has 0 atom stereocenters. The molecule has 0 radical (unpaired) electrons. The summed E-state index contributed by atoms with van der Waals surface area (Å²) in [6, 6.07) is 8.26. The summed E-state index contributed by atoms with van der Waals surface area (Å²) in [5.74, 6) is 0.386. The van der Waals surface area contributed by atoms with E-state index in [2.05, 4.69) is 18.7 Å². The lowest BCUT2D eigenvalue weighted by Crippen LogP contribution is -2.29. The number of hydrogen-bond acceptors (Lipinski definition) is 2. The van der Waals surface area contributed by atoms with Gasteiger partial charge in [-0.3, -0.25) is 9.69 Å². The Morgan fingerprint density at radius 2 is 1.83 bits per heavy atom. The van der Waals surface area contributed by atoms with Gasteiger partial charge in [0.2, 0.25) is 0 Å².